The molecular formula is C21H15F2N3. The van der Waals surface area contributed by atoms with E-state index in [0.29, 0.717) is 6.54 Å². The maximum absolute atomic E-state index is 13.3. The first-order valence-corrected chi connectivity index (χ1v) is 8.17. The lowest BCUT2D eigenvalue weighted by Gasteiger charge is -2.02. The van der Waals surface area contributed by atoms with Crippen LogP contribution in [-0.2, 0) is 6.54 Å². The van der Waals surface area contributed by atoms with Crippen molar-refractivity contribution in [3.05, 3.63) is 96.5 Å². The molecule has 2 aromatic heterocycles. The lowest BCUT2D eigenvalue weighted by Crippen LogP contribution is -2.00. The van der Waals surface area contributed by atoms with Crippen molar-refractivity contribution in [3.63, 3.8) is 0 Å². The zero-order valence-corrected chi connectivity index (χ0v) is 13.8. The summed E-state index contributed by atoms with van der Waals surface area (Å²) in [6.07, 6.45) is 5.39. The van der Waals surface area contributed by atoms with E-state index >= 15 is 0 Å². The molecule has 3 nitrogen and oxygen atoms in total. The van der Waals surface area contributed by atoms with Crippen LogP contribution in [0.3, 0.4) is 0 Å². The van der Waals surface area contributed by atoms with Crippen molar-refractivity contribution < 1.29 is 8.78 Å². The Morgan fingerprint density at radius 2 is 1.35 bits per heavy atom. The Balaban J connectivity index is 1.77. The third-order valence-corrected chi connectivity index (χ3v) is 4.13. The number of rotatable bonds is 4. The highest BCUT2D eigenvalue weighted by molar-refractivity contribution is 5.80. The number of hydrogen-bond donors (Lipinski definition) is 0. The minimum absolute atomic E-state index is 0.265. The van der Waals surface area contributed by atoms with E-state index in [1.165, 1.54) is 24.3 Å². The van der Waals surface area contributed by atoms with E-state index in [2.05, 4.69) is 10.1 Å². The maximum atomic E-state index is 13.3. The summed E-state index contributed by atoms with van der Waals surface area (Å²) in [4.78, 5) is 4.06. The molecule has 0 N–H and O–H groups in total. The lowest BCUT2D eigenvalue weighted by molar-refractivity contribution is 0.624. The van der Waals surface area contributed by atoms with Crippen LogP contribution < -0.4 is 0 Å². The first kappa shape index (κ1) is 16.1. The molecule has 0 radical (unpaired) electrons. The summed E-state index contributed by atoms with van der Waals surface area (Å²) in [7, 11) is 0. The number of hydrogen-bond acceptors (Lipinski definition) is 2. The zero-order chi connectivity index (χ0) is 17.9. The van der Waals surface area contributed by atoms with Gasteiger partial charge in [0.1, 0.15) is 17.3 Å². The van der Waals surface area contributed by atoms with Gasteiger partial charge in [-0.1, -0.05) is 12.1 Å². The highest BCUT2D eigenvalue weighted by Gasteiger charge is 2.13. The van der Waals surface area contributed by atoms with Gasteiger partial charge in [0.05, 0.1) is 6.54 Å². The molecule has 128 valence electrons. The smallest absolute Gasteiger partial charge is 0.123 e. The quantitative estimate of drug-likeness (QED) is 0.524. The van der Waals surface area contributed by atoms with Gasteiger partial charge in [-0.05, 0) is 59.7 Å². The summed E-state index contributed by atoms with van der Waals surface area (Å²) in [5, 5.41) is 4.68. The van der Waals surface area contributed by atoms with Crippen molar-refractivity contribution in [2.45, 2.75) is 6.54 Å². The highest BCUT2D eigenvalue weighted by Crippen LogP contribution is 2.31. The van der Waals surface area contributed by atoms with Gasteiger partial charge < -0.3 is 0 Å². The first-order valence-electron chi connectivity index (χ1n) is 8.17. The van der Waals surface area contributed by atoms with Gasteiger partial charge in [-0.15, -0.1) is 0 Å². The Labute approximate surface area is 149 Å². The number of aromatic nitrogens is 3. The van der Waals surface area contributed by atoms with Crippen molar-refractivity contribution in [3.8, 4) is 22.4 Å². The molecule has 4 rings (SSSR count). The molecule has 0 amide bonds. The molecule has 0 aliphatic heterocycles. The van der Waals surface area contributed by atoms with Crippen molar-refractivity contribution in [1.29, 1.82) is 0 Å². The van der Waals surface area contributed by atoms with Crippen LogP contribution in [0.2, 0.25) is 0 Å². The summed E-state index contributed by atoms with van der Waals surface area (Å²) < 4.78 is 28.2. The summed E-state index contributed by atoms with van der Waals surface area (Å²) in [5.41, 5.74) is 4.45. The van der Waals surface area contributed by atoms with E-state index in [-0.39, 0.29) is 11.6 Å². The first-order chi connectivity index (χ1) is 12.7. The summed E-state index contributed by atoms with van der Waals surface area (Å²) in [6.45, 7) is 0.513. The Morgan fingerprint density at radius 1 is 0.731 bits per heavy atom. The topological polar surface area (TPSA) is 30.7 Å². The van der Waals surface area contributed by atoms with Crippen LogP contribution in [0.5, 0.6) is 0 Å². The van der Waals surface area contributed by atoms with Crippen LogP contribution in [-0.4, -0.2) is 14.8 Å². The molecule has 2 aromatic carbocycles. The van der Waals surface area contributed by atoms with Crippen molar-refractivity contribution in [2.24, 2.45) is 0 Å². The predicted octanol–water partition coefficient (Wildman–Crippen LogP) is 4.94. The van der Waals surface area contributed by atoms with Crippen molar-refractivity contribution in [2.75, 3.05) is 0 Å². The van der Waals surface area contributed by atoms with Crippen molar-refractivity contribution in [1.82, 2.24) is 14.8 Å². The van der Waals surface area contributed by atoms with E-state index in [4.69, 9.17) is 0 Å². The average molecular weight is 347 g/mol. The predicted molar refractivity (Wildman–Crippen MR) is 96.4 cm³/mol. The fraction of sp³-hybridized carbons (Fsp3) is 0.0476. The fourth-order valence-corrected chi connectivity index (χ4v) is 2.84. The van der Waals surface area contributed by atoms with E-state index < -0.39 is 0 Å². The van der Waals surface area contributed by atoms with E-state index in [1.807, 2.05) is 23.0 Å². The van der Waals surface area contributed by atoms with Gasteiger partial charge in [0.2, 0.25) is 0 Å². The van der Waals surface area contributed by atoms with Crippen LogP contribution in [0.1, 0.15) is 5.56 Å². The van der Waals surface area contributed by atoms with E-state index in [0.717, 1.165) is 27.9 Å². The molecule has 0 aliphatic rings. The number of pyridine rings is 1. The van der Waals surface area contributed by atoms with E-state index in [1.54, 1.807) is 36.7 Å². The fourth-order valence-electron chi connectivity index (χ4n) is 2.84. The summed E-state index contributed by atoms with van der Waals surface area (Å²) in [5.74, 6) is -0.552. The molecule has 0 saturated carbocycles. The van der Waals surface area contributed by atoms with Gasteiger partial charge in [-0.25, -0.2) is 8.78 Å². The molecule has 0 unspecified atom stereocenters. The number of benzene rings is 2. The molecular weight excluding hydrogens is 332 g/mol. The van der Waals surface area contributed by atoms with Crippen LogP contribution in [0, 0.1) is 11.6 Å². The molecule has 0 atom stereocenters. The third kappa shape index (κ3) is 3.37. The van der Waals surface area contributed by atoms with Gasteiger partial charge in [-0.3, -0.25) is 9.67 Å². The van der Waals surface area contributed by atoms with Crippen LogP contribution >= 0.6 is 0 Å². The molecule has 5 heteroatoms. The van der Waals surface area contributed by atoms with Crippen LogP contribution in [0.15, 0.2) is 79.3 Å². The third-order valence-electron chi connectivity index (χ3n) is 4.13. The molecule has 0 saturated heterocycles. The number of nitrogens with zero attached hydrogens (tertiary/aromatic N) is 3. The minimum Gasteiger partial charge on any atom is -0.267 e. The average Bonchev–Trinajstić information content (AvgIpc) is 3.09. The van der Waals surface area contributed by atoms with Gasteiger partial charge in [0.15, 0.2) is 0 Å². The second-order valence-corrected chi connectivity index (χ2v) is 5.96. The SMILES string of the molecule is Fc1ccc(Cn2cc(-c3ccncc3)c(-c3ccc(F)cc3)n2)cc1. The van der Waals surface area contributed by atoms with Gasteiger partial charge >= 0.3 is 0 Å². The summed E-state index contributed by atoms with van der Waals surface area (Å²) >= 11 is 0. The Hall–Kier alpha value is -3.34. The lowest BCUT2D eigenvalue weighted by atomic mass is 10.0. The largest absolute Gasteiger partial charge is 0.267 e. The Morgan fingerprint density at radius 3 is 2.00 bits per heavy atom. The van der Waals surface area contributed by atoms with Gasteiger partial charge in [0.25, 0.3) is 0 Å². The molecule has 0 spiro atoms. The highest BCUT2D eigenvalue weighted by atomic mass is 19.1. The molecule has 0 aliphatic carbocycles. The second kappa shape index (κ2) is 6.88. The van der Waals surface area contributed by atoms with Gasteiger partial charge in [-0.2, -0.15) is 5.10 Å². The zero-order valence-electron chi connectivity index (χ0n) is 13.8. The Kier molecular flexibility index (Phi) is 4.27. The number of halogens is 2. The summed E-state index contributed by atoms with van der Waals surface area (Å²) in [6, 6.07) is 16.4. The monoisotopic (exact) mass is 347 g/mol. The Bertz CT molecular complexity index is 1010. The van der Waals surface area contributed by atoms with Crippen LogP contribution in [0.25, 0.3) is 22.4 Å². The molecule has 0 bridgehead atoms. The van der Waals surface area contributed by atoms with Crippen LogP contribution in [0.4, 0.5) is 8.78 Å². The molecule has 2 heterocycles. The molecule has 4 aromatic rings. The van der Waals surface area contributed by atoms with E-state index in [9.17, 15) is 8.78 Å². The standard InChI is InChI=1S/C21H15F2N3/c22-18-5-1-15(2-6-18)13-26-14-20(16-9-11-24-12-10-16)21(25-26)17-3-7-19(23)8-4-17/h1-12,14H,13H2. The second-order valence-electron chi connectivity index (χ2n) is 5.96. The molecule has 0 fully saturated rings. The van der Waals surface area contributed by atoms with Crippen molar-refractivity contribution >= 4 is 0 Å². The normalized spacial score (nSPS) is 10.8. The maximum Gasteiger partial charge on any atom is 0.123 e. The molecule has 26 heavy (non-hydrogen) atoms. The minimum atomic E-state index is -0.287. The van der Waals surface area contributed by atoms with Gasteiger partial charge in [0, 0.05) is 29.7 Å².